The topological polar surface area (TPSA) is 55.4 Å². The van der Waals surface area contributed by atoms with Crippen molar-refractivity contribution >= 4 is 10.0 Å². The van der Waals surface area contributed by atoms with Crippen LogP contribution < -0.4 is 4.89 Å². The zero-order valence-electron chi connectivity index (χ0n) is 7.53. The minimum atomic E-state index is -3.68. The molecule has 0 unspecified atom stereocenters. The molecule has 0 radical (unpaired) electrons. The molecule has 0 aromatic heterocycles. The molecule has 0 spiro atoms. The monoisotopic (exact) mass is 219 g/mol. The van der Waals surface area contributed by atoms with Crippen molar-refractivity contribution in [3.8, 4) is 0 Å². The Kier molecular flexibility index (Phi) is 3.56. The molecule has 0 heterocycles. The number of nitrogens with one attached hydrogen (secondary N) is 1. The molecule has 0 bridgehead atoms. The van der Waals surface area contributed by atoms with Crippen molar-refractivity contribution in [2.75, 3.05) is 6.61 Å². The van der Waals surface area contributed by atoms with Gasteiger partial charge in [-0.25, -0.2) is 12.8 Å². The number of hydrogen-bond acceptors (Lipinski definition) is 3. The zero-order valence-corrected chi connectivity index (χ0v) is 8.34. The lowest BCUT2D eigenvalue weighted by Gasteiger charge is -2.04. The third-order valence-corrected chi connectivity index (χ3v) is 2.67. The van der Waals surface area contributed by atoms with E-state index < -0.39 is 15.8 Å². The first-order valence-electron chi connectivity index (χ1n) is 3.95. The van der Waals surface area contributed by atoms with Gasteiger partial charge in [-0.05, 0) is 31.2 Å². The van der Waals surface area contributed by atoms with Crippen LogP contribution in [0, 0.1) is 5.82 Å². The van der Waals surface area contributed by atoms with E-state index >= 15 is 0 Å². The second kappa shape index (κ2) is 4.50. The predicted molar refractivity (Wildman–Crippen MR) is 48.3 cm³/mol. The Hall–Kier alpha value is -0.980. The second-order valence-corrected chi connectivity index (χ2v) is 4.12. The SMILES string of the molecule is CCONS(=O)(=O)c1ccc(F)cc1. The molecule has 6 heteroatoms. The van der Waals surface area contributed by atoms with Crippen molar-refractivity contribution in [3.63, 3.8) is 0 Å². The molecule has 0 aliphatic rings. The normalized spacial score (nSPS) is 11.6. The van der Waals surface area contributed by atoms with Gasteiger partial charge in [-0.2, -0.15) is 0 Å². The summed E-state index contributed by atoms with van der Waals surface area (Å²) in [5, 5.41) is 0. The van der Waals surface area contributed by atoms with Crippen molar-refractivity contribution in [3.05, 3.63) is 30.1 Å². The molecule has 78 valence electrons. The molecule has 4 nitrogen and oxygen atoms in total. The van der Waals surface area contributed by atoms with Crippen LogP contribution in [0.3, 0.4) is 0 Å². The van der Waals surface area contributed by atoms with Crippen molar-refractivity contribution in [1.29, 1.82) is 0 Å². The highest BCUT2D eigenvalue weighted by molar-refractivity contribution is 7.89. The molecule has 0 saturated carbocycles. The first kappa shape index (κ1) is 11.1. The van der Waals surface area contributed by atoms with Gasteiger partial charge in [-0.3, -0.25) is 4.84 Å². The van der Waals surface area contributed by atoms with Crippen LogP contribution in [0.2, 0.25) is 0 Å². The van der Waals surface area contributed by atoms with Crippen LogP contribution in [-0.2, 0) is 14.9 Å². The third-order valence-electron chi connectivity index (χ3n) is 1.44. The van der Waals surface area contributed by atoms with E-state index in [1.165, 1.54) is 0 Å². The molecule has 0 fully saturated rings. The van der Waals surface area contributed by atoms with E-state index in [0.717, 1.165) is 24.3 Å². The summed E-state index contributed by atoms with van der Waals surface area (Å²) in [7, 11) is -3.68. The Morgan fingerprint density at radius 3 is 2.43 bits per heavy atom. The van der Waals surface area contributed by atoms with Crippen molar-refractivity contribution in [1.82, 2.24) is 4.89 Å². The molecule has 1 aromatic carbocycles. The van der Waals surface area contributed by atoms with Gasteiger partial charge in [0.25, 0.3) is 10.0 Å². The third kappa shape index (κ3) is 2.76. The van der Waals surface area contributed by atoms with Gasteiger partial charge >= 0.3 is 0 Å². The van der Waals surface area contributed by atoms with Crippen LogP contribution in [0.15, 0.2) is 29.2 Å². The summed E-state index contributed by atoms with van der Waals surface area (Å²) in [5.74, 6) is -0.486. The van der Waals surface area contributed by atoms with Crippen LogP contribution in [0.1, 0.15) is 6.92 Å². The maximum absolute atomic E-state index is 12.5. The van der Waals surface area contributed by atoms with E-state index in [4.69, 9.17) is 0 Å². The minimum absolute atomic E-state index is 0.0349. The predicted octanol–water partition coefficient (Wildman–Crippen LogP) is 1.06. The van der Waals surface area contributed by atoms with Crippen molar-refractivity contribution in [2.45, 2.75) is 11.8 Å². The summed E-state index contributed by atoms with van der Waals surface area (Å²) < 4.78 is 35.2. The van der Waals surface area contributed by atoms with Crippen LogP contribution >= 0.6 is 0 Å². The Morgan fingerprint density at radius 2 is 1.93 bits per heavy atom. The number of rotatable bonds is 4. The smallest absolute Gasteiger partial charge is 0.262 e. The average molecular weight is 219 g/mol. The van der Waals surface area contributed by atoms with Gasteiger partial charge in [0, 0.05) is 0 Å². The fourth-order valence-electron chi connectivity index (χ4n) is 0.798. The first-order valence-corrected chi connectivity index (χ1v) is 5.44. The van der Waals surface area contributed by atoms with E-state index in [1.54, 1.807) is 6.92 Å². The molecule has 1 N–H and O–H groups in total. The van der Waals surface area contributed by atoms with Gasteiger partial charge in [0.2, 0.25) is 0 Å². The maximum Gasteiger partial charge on any atom is 0.262 e. The average Bonchev–Trinajstić information content (AvgIpc) is 2.16. The van der Waals surface area contributed by atoms with Gasteiger partial charge in [0.15, 0.2) is 0 Å². The fraction of sp³-hybridized carbons (Fsp3) is 0.250. The standard InChI is InChI=1S/C8H10FNO3S/c1-2-13-10-14(11,12)8-5-3-7(9)4-6-8/h3-6,10H,2H2,1H3. The summed E-state index contributed by atoms with van der Waals surface area (Å²) >= 11 is 0. The van der Waals surface area contributed by atoms with Gasteiger partial charge in [0.1, 0.15) is 5.82 Å². The number of hydrogen-bond donors (Lipinski definition) is 1. The maximum atomic E-state index is 12.5. The molecule has 0 amide bonds. The molecule has 0 atom stereocenters. The van der Waals surface area contributed by atoms with E-state index in [9.17, 15) is 12.8 Å². The van der Waals surface area contributed by atoms with Crippen LogP contribution in [0.25, 0.3) is 0 Å². The van der Waals surface area contributed by atoms with E-state index in [1.807, 2.05) is 4.89 Å². The highest BCUT2D eigenvalue weighted by Crippen LogP contribution is 2.09. The molecule has 0 saturated heterocycles. The summed E-state index contributed by atoms with van der Waals surface area (Å²) in [5.41, 5.74) is 0. The summed E-state index contributed by atoms with van der Waals surface area (Å²) in [6.45, 7) is 1.87. The quantitative estimate of drug-likeness (QED) is 0.770. The number of halogens is 1. The second-order valence-electron chi connectivity index (χ2n) is 2.47. The molecule has 1 rings (SSSR count). The lowest BCUT2D eigenvalue weighted by atomic mass is 10.4. The number of benzene rings is 1. The van der Waals surface area contributed by atoms with Crippen LogP contribution in [-0.4, -0.2) is 15.0 Å². The fourth-order valence-corrected chi connectivity index (χ4v) is 1.66. The van der Waals surface area contributed by atoms with Gasteiger partial charge in [0.05, 0.1) is 11.5 Å². The summed E-state index contributed by atoms with van der Waals surface area (Å²) in [4.78, 5) is 6.41. The Morgan fingerprint density at radius 1 is 1.36 bits per heavy atom. The largest absolute Gasteiger partial charge is 0.287 e. The Labute approximate surface area is 81.7 Å². The van der Waals surface area contributed by atoms with Gasteiger partial charge in [-0.1, -0.05) is 4.89 Å². The molecule has 0 aliphatic carbocycles. The van der Waals surface area contributed by atoms with E-state index in [0.29, 0.717) is 0 Å². The Bertz CT molecular complexity index is 388. The number of sulfonamides is 1. The van der Waals surface area contributed by atoms with Gasteiger partial charge < -0.3 is 0 Å². The molecule has 0 aliphatic heterocycles. The highest BCUT2D eigenvalue weighted by atomic mass is 32.2. The first-order chi connectivity index (χ1) is 6.56. The summed E-state index contributed by atoms with van der Waals surface area (Å²) in [6.07, 6.45) is 0. The van der Waals surface area contributed by atoms with Crippen LogP contribution in [0.5, 0.6) is 0 Å². The van der Waals surface area contributed by atoms with Crippen molar-refractivity contribution < 1.29 is 17.6 Å². The Balaban J connectivity index is 2.87. The van der Waals surface area contributed by atoms with Gasteiger partial charge in [-0.15, -0.1) is 0 Å². The highest BCUT2D eigenvalue weighted by Gasteiger charge is 2.13. The van der Waals surface area contributed by atoms with E-state index in [2.05, 4.69) is 4.84 Å². The van der Waals surface area contributed by atoms with E-state index in [-0.39, 0.29) is 11.5 Å². The molecule has 14 heavy (non-hydrogen) atoms. The molecule has 1 aromatic rings. The van der Waals surface area contributed by atoms with Crippen LogP contribution in [0.4, 0.5) is 4.39 Å². The molecular weight excluding hydrogens is 209 g/mol. The zero-order chi connectivity index (χ0) is 10.6. The minimum Gasteiger partial charge on any atom is -0.287 e. The lowest BCUT2D eigenvalue weighted by molar-refractivity contribution is 0.105. The summed E-state index contributed by atoms with van der Waals surface area (Å²) in [6, 6.07) is 4.47. The van der Waals surface area contributed by atoms with Crippen molar-refractivity contribution in [2.24, 2.45) is 0 Å². The molecular formula is C8H10FNO3S. The lowest BCUT2D eigenvalue weighted by Crippen LogP contribution is -2.23.